The number of nitrogens with zero attached hydrogens (tertiary/aromatic N) is 1. The van der Waals surface area contributed by atoms with E-state index in [9.17, 15) is 14.9 Å². The summed E-state index contributed by atoms with van der Waals surface area (Å²) in [5.41, 5.74) is 3.02. The molecule has 1 amide bonds. The van der Waals surface area contributed by atoms with E-state index in [1.165, 1.54) is 11.6 Å². The summed E-state index contributed by atoms with van der Waals surface area (Å²) in [6, 6.07) is 12.4. The van der Waals surface area contributed by atoms with Gasteiger partial charge in [-0.15, -0.1) is 0 Å². The second kappa shape index (κ2) is 7.05. The average molecular weight is 312 g/mol. The Hall–Kier alpha value is -2.69. The highest BCUT2D eigenvalue weighted by Crippen LogP contribution is 2.20. The first-order valence-corrected chi connectivity index (χ1v) is 7.57. The standard InChI is InChI=1S/C18H20N2O3/c1-4-14-6-9-15(10-7-14)13(3)19-18(21)16-8-5-12(2)17(11-16)20(22)23/h5-11,13H,4H2,1-3H3,(H,19,21)/t13-/m1/s1. The van der Waals surface area contributed by atoms with Gasteiger partial charge < -0.3 is 5.32 Å². The Bertz CT molecular complexity index is 724. The molecule has 0 bridgehead atoms. The smallest absolute Gasteiger partial charge is 0.273 e. The Labute approximate surface area is 135 Å². The number of aryl methyl sites for hydroxylation is 2. The molecule has 0 aliphatic heterocycles. The Morgan fingerprint density at radius 1 is 1.22 bits per heavy atom. The van der Waals surface area contributed by atoms with Gasteiger partial charge in [0, 0.05) is 17.2 Å². The van der Waals surface area contributed by atoms with Gasteiger partial charge in [-0.05, 0) is 37.5 Å². The van der Waals surface area contributed by atoms with Crippen molar-refractivity contribution in [1.82, 2.24) is 5.32 Å². The first-order valence-electron chi connectivity index (χ1n) is 7.57. The normalized spacial score (nSPS) is 11.8. The van der Waals surface area contributed by atoms with Crippen LogP contribution >= 0.6 is 0 Å². The zero-order chi connectivity index (χ0) is 17.0. The molecule has 0 saturated carbocycles. The Balaban J connectivity index is 2.14. The van der Waals surface area contributed by atoms with Crippen molar-refractivity contribution in [1.29, 1.82) is 0 Å². The van der Waals surface area contributed by atoms with E-state index >= 15 is 0 Å². The summed E-state index contributed by atoms with van der Waals surface area (Å²) in [6.07, 6.45) is 0.966. The Morgan fingerprint density at radius 3 is 2.43 bits per heavy atom. The minimum atomic E-state index is -0.473. The van der Waals surface area contributed by atoms with Crippen LogP contribution in [0.2, 0.25) is 0 Å². The molecule has 0 aromatic heterocycles. The molecule has 0 spiro atoms. The molecule has 2 rings (SSSR count). The second-order valence-electron chi connectivity index (χ2n) is 5.55. The molecule has 5 heteroatoms. The zero-order valence-electron chi connectivity index (χ0n) is 13.5. The van der Waals surface area contributed by atoms with E-state index in [2.05, 4.69) is 12.2 Å². The Kier molecular flexibility index (Phi) is 5.11. The number of nitrogens with one attached hydrogen (secondary N) is 1. The number of carbonyl (C=O) groups is 1. The molecular formula is C18H20N2O3. The number of carbonyl (C=O) groups excluding carboxylic acids is 1. The SMILES string of the molecule is CCc1ccc([C@@H](C)NC(=O)c2ccc(C)c([N+](=O)[O-])c2)cc1. The third-order valence-electron chi connectivity index (χ3n) is 3.90. The predicted molar refractivity (Wildman–Crippen MR) is 89.5 cm³/mol. The minimum absolute atomic E-state index is 0.0439. The number of benzene rings is 2. The van der Waals surface area contributed by atoms with Crippen molar-refractivity contribution in [2.45, 2.75) is 33.2 Å². The topological polar surface area (TPSA) is 72.2 Å². The van der Waals surface area contributed by atoms with E-state index in [1.54, 1.807) is 19.1 Å². The molecule has 0 unspecified atom stereocenters. The fraction of sp³-hybridized carbons (Fsp3) is 0.278. The minimum Gasteiger partial charge on any atom is -0.346 e. The third-order valence-corrected chi connectivity index (χ3v) is 3.90. The highest BCUT2D eigenvalue weighted by Gasteiger charge is 2.16. The molecule has 5 nitrogen and oxygen atoms in total. The Morgan fingerprint density at radius 2 is 1.87 bits per heavy atom. The third kappa shape index (κ3) is 3.94. The molecular weight excluding hydrogens is 292 g/mol. The van der Waals surface area contributed by atoms with Crippen LogP contribution in [0.1, 0.15) is 46.9 Å². The highest BCUT2D eigenvalue weighted by atomic mass is 16.6. The molecule has 0 heterocycles. The van der Waals surface area contributed by atoms with Crippen LogP contribution in [0.5, 0.6) is 0 Å². The van der Waals surface area contributed by atoms with Crippen LogP contribution in [0, 0.1) is 17.0 Å². The molecule has 0 radical (unpaired) electrons. The lowest BCUT2D eigenvalue weighted by Crippen LogP contribution is -2.26. The summed E-state index contributed by atoms with van der Waals surface area (Å²) in [5.74, 6) is -0.319. The lowest BCUT2D eigenvalue weighted by atomic mass is 10.0. The monoisotopic (exact) mass is 312 g/mol. The van der Waals surface area contributed by atoms with Crippen molar-refractivity contribution >= 4 is 11.6 Å². The maximum absolute atomic E-state index is 12.3. The van der Waals surface area contributed by atoms with E-state index < -0.39 is 4.92 Å². The largest absolute Gasteiger partial charge is 0.346 e. The van der Waals surface area contributed by atoms with Gasteiger partial charge in [0.15, 0.2) is 0 Å². The van der Waals surface area contributed by atoms with E-state index in [0.29, 0.717) is 11.1 Å². The van der Waals surface area contributed by atoms with Crippen LogP contribution < -0.4 is 5.32 Å². The molecule has 2 aromatic rings. The molecule has 0 fully saturated rings. The molecule has 0 saturated heterocycles. The average Bonchev–Trinajstić information content (AvgIpc) is 2.54. The molecule has 23 heavy (non-hydrogen) atoms. The van der Waals surface area contributed by atoms with Gasteiger partial charge in [0.25, 0.3) is 11.6 Å². The fourth-order valence-electron chi connectivity index (χ4n) is 2.35. The van der Waals surface area contributed by atoms with Crippen molar-refractivity contribution in [2.24, 2.45) is 0 Å². The fourth-order valence-corrected chi connectivity index (χ4v) is 2.35. The van der Waals surface area contributed by atoms with Gasteiger partial charge in [-0.3, -0.25) is 14.9 Å². The summed E-state index contributed by atoms with van der Waals surface area (Å²) in [5, 5.41) is 13.8. The van der Waals surface area contributed by atoms with Crippen LogP contribution in [0.3, 0.4) is 0 Å². The summed E-state index contributed by atoms with van der Waals surface area (Å²) >= 11 is 0. The lowest BCUT2D eigenvalue weighted by molar-refractivity contribution is -0.385. The van der Waals surface area contributed by atoms with Crippen LogP contribution in [0.4, 0.5) is 5.69 Å². The van der Waals surface area contributed by atoms with E-state index in [-0.39, 0.29) is 17.6 Å². The number of amides is 1. The van der Waals surface area contributed by atoms with Crippen molar-refractivity contribution in [2.75, 3.05) is 0 Å². The maximum atomic E-state index is 12.3. The van der Waals surface area contributed by atoms with Crippen molar-refractivity contribution in [3.05, 3.63) is 74.8 Å². The van der Waals surface area contributed by atoms with Crippen LogP contribution in [-0.4, -0.2) is 10.8 Å². The number of hydrogen-bond donors (Lipinski definition) is 1. The van der Waals surface area contributed by atoms with E-state index in [0.717, 1.165) is 12.0 Å². The van der Waals surface area contributed by atoms with Gasteiger partial charge in [-0.2, -0.15) is 0 Å². The summed E-state index contributed by atoms with van der Waals surface area (Å²) in [7, 11) is 0. The van der Waals surface area contributed by atoms with Crippen molar-refractivity contribution in [3.8, 4) is 0 Å². The number of nitro benzene ring substituents is 1. The summed E-state index contributed by atoms with van der Waals surface area (Å²) in [4.78, 5) is 22.8. The molecule has 2 aromatic carbocycles. The van der Waals surface area contributed by atoms with Gasteiger partial charge in [-0.1, -0.05) is 37.3 Å². The first-order chi connectivity index (χ1) is 10.9. The van der Waals surface area contributed by atoms with Gasteiger partial charge in [-0.25, -0.2) is 0 Å². The van der Waals surface area contributed by atoms with Crippen LogP contribution in [-0.2, 0) is 6.42 Å². The molecule has 0 aliphatic rings. The molecule has 1 atom stereocenters. The zero-order valence-corrected chi connectivity index (χ0v) is 13.5. The number of hydrogen-bond acceptors (Lipinski definition) is 3. The molecule has 0 aliphatic carbocycles. The van der Waals surface area contributed by atoms with Crippen LogP contribution in [0.15, 0.2) is 42.5 Å². The number of rotatable bonds is 5. The summed E-state index contributed by atoms with van der Waals surface area (Å²) < 4.78 is 0. The van der Waals surface area contributed by atoms with Crippen molar-refractivity contribution < 1.29 is 9.72 Å². The van der Waals surface area contributed by atoms with Gasteiger partial charge in [0.2, 0.25) is 0 Å². The maximum Gasteiger partial charge on any atom is 0.273 e. The van der Waals surface area contributed by atoms with Crippen molar-refractivity contribution in [3.63, 3.8) is 0 Å². The van der Waals surface area contributed by atoms with Gasteiger partial charge >= 0.3 is 0 Å². The summed E-state index contributed by atoms with van der Waals surface area (Å²) in [6.45, 7) is 5.63. The lowest BCUT2D eigenvalue weighted by Gasteiger charge is -2.15. The first kappa shape index (κ1) is 16.7. The molecule has 1 N–H and O–H groups in total. The molecule has 120 valence electrons. The second-order valence-corrected chi connectivity index (χ2v) is 5.55. The quantitative estimate of drug-likeness (QED) is 0.671. The number of nitro groups is 1. The predicted octanol–water partition coefficient (Wildman–Crippen LogP) is 3.96. The van der Waals surface area contributed by atoms with Gasteiger partial charge in [0.1, 0.15) is 0 Å². The van der Waals surface area contributed by atoms with Crippen LogP contribution in [0.25, 0.3) is 0 Å². The van der Waals surface area contributed by atoms with E-state index in [1.807, 2.05) is 31.2 Å². The van der Waals surface area contributed by atoms with E-state index in [4.69, 9.17) is 0 Å². The highest BCUT2D eigenvalue weighted by molar-refractivity contribution is 5.95. The van der Waals surface area contributed by atoms with Gasteiger partial charge in [0.05, 0.1) is 11.0 Å².